The van der Waals surface area contributed by atoms with Gasteiger partial charge < -0.3 is 10.1 Å². The SMILES string of the molecule is COc1ccc(C(C)(C)CNc2ncccc2S(C)(=O)=O)cc1. The molecule has 1 aromatic heterocycles. The van der Waals surface area contributed by atoms with Gasteiger partial charge in [0.25, 0.3) is 0 Å². The second-order valence-corrected chi connectivity index (χ2v) is 8.07. The summed E-state index contributed by atoms with van der Waals surface area (Å²) in [5, 5.41) is 3.17. The molecule has 0 bridgehead atoms. The average Bonchev–Trinajstić information content (AvgIpc) is 2.52. The average molecular weight is 334 g/mol. The lowest BCUT2D eigenvalue weighted by molar-refractivity contribution is 0.414. The number of ether oxygens (including phenoxy) is 1. The third-order valence-electron chi connectivity index (χ3n) is 3.74. The van der Waals surface area contributed by atoms with Gasteiger partial charge >= 0.3 is 0 Å². The van der Waals surface area contributed by atoms with Crippen molar-refractivity contribution < 1.29 is 13.2 Å². The predicted octanol–water partition coefficient (Wildman–Crippen LogP) is 2.88. The fraction of sp³-hybridized carbons (Fsp3) is 0.353. The van der Waals surface area contributed by atoms with E-state index in [4.69, 9.17) is 4.74 Å². The van der Waals surface area contributed by atoms with Crippen LogP contribution in [0.4, 0.5) is 5.82 Å². The first-order valence-corrected chi connectivity index (χ1v) is 9.17. The third kappa shape index (κ3) is 4.22. The number of rotatable bonds is 6. The monoisotopic (exact) mass is 334 g/mol. The van der Waals surface area contributed by atoms with Crippen LogP contribution in [0.5, 0.6) is 5.75 Å². The largest absolute Gasteiger partial charge is 0.497 e. The van der Waals surface area contributed by atoms with Crippen molar-refractivity contribution in [3.8, 4) is 5.75 Å². The molecule has 0 fully saturated rings. The van der Waals surface area contributed by atoms with Gasteiger partial charge in [0, 0.05) is 24.4 Å². The summed E-state index contributed by atoms with van der Waals surface area (Å²) in [5.74, 6) is 1.19. The molecule has 0 saturated heterocycles. The zero-order valence-corrected chi connectivity index (χ0v) is 14.6. The molecular weight excluding hydrogens is 312 g/mol. The third-order valence-corrected chi connectivity index (χ3v) is 4.87. The number of hydrogen-bond acceptors (Lipinski definition) is 5. The molecule has 23 heavy (non-hydrogen) atoms. The van der Waals surface area contributed by atoms with Crippen molar-refractivity contribution in [2.45, 2.75) is 24.2 Å². The smallest absolute Gasteiger partial charge is 0.179 e. The van der Waals surface area contributed by atoms with E-state index in [1.165, 1.54) is 6.26 Å². The van der Waals surface area contributed by atoms with Crippen molar-refractivity contribution in [2.24, 2.45) is 0 Å². The molecule has 0 aliphatic rings. The van der Waals surface area contributed by atoms with Crippen molar-refractivity contribution in [3.05, 3.63) is 48.2 Å². The molecule has 0 radical (unpaired) electrons. The van der Waals surface area contributed by atoms with E-state index < -0.39 is 9.84 Å². The van der Waals surface area contributed by atoms with Crippen molar-refractivity contribution in [2.75, 3.05) is 25.2 Å². The van der Waals surface area contributed by atoms with Crippen molar-refractivity contribution >= 4 is 15.7 Å². The van der Waals surface area contributed by atoms with Crippen molar-refractivity contribution in [1.29, 1.82) is 0 Å². The maximum Gasteiger partial charge on any atom is 0.179 e. The Labute approximate surface area is 137 Å². The normalized spacial score (nSPS) is 12.0. The molecule has 0 aliphatic carbocycles. The summed E-state index contributed by atoms with van der Waals surface area (Å²) in [6, 6.07) is 11.0. The summed E-state index contributed by atoms with van der Waals surface area (Å²) in [7, 11) is -1.68. The summed E-state index contributed by atoms with van der Waals surface area (Å²) >= 11 is 0. The van der Waals surface area contributed by atoms with Crippen LogP contribution in [-0.2, 0) is 15.3 Å². The van der Waals surface area contributed by atoms with Crippen LogP contribution in [0.15, 0.2) is 47.5 Å². The van der Waals surface area contributed by atoms with E-state index in [-0.39, 0.29) is 10.3 Å². The molecule has 0 amide bonds. The number of nitrogens with one attached hydrogen (secondary N) is 1. The molecule has 124 valence electrons. The van der Waals surface area contributed by atoms with Crippen LogP contribution in [0.3, 0.4) is 0 Å². The summed E-state index contributed by atoms with van der Waals surface area (Å²) in [6.07, 6.45) is 2.77. The Morgan fingerprint density at radius 2 is 1.83 bits per heavy atom. The first-order valence-electron chi connectivity index (χ1n) is 7.27. The molecule has 1 aromatic carbocycles. The highest BCUT2D eigenvalue weighted by Gasteiger charge is 2.22. The quantitative estimate of drug-likeness (QED) is 0.880. The number of benzene rings is 1. The Morgan fingerprint density at radius 3 is 2.39 bits per heavy atom. The number of anilines is 1. The molecule has 0 unspecified atom stereocenters. The van der Waals surface area contributed by atoms with Crippen LogP contribution in [0.1, 0.15) is 19.4 Å². The van der Waals surface area contributed by atoms with Crippen LogP contribution in [-0.4, -0.2) is 33.3 Å². The van der Waals surface area contributed by atoms with Gasteiger partial charge in [-0.2, -0.15) is 0 Å². The Balaban J connectivity index is 2.19. The van der Waals surface area contributed by atoms with Gasteiger partial charge in [-0.1, -0.05) is 26.0 Å². The number of hydrogen-bond donors (Lipinski definition) is 1. The highest BCUT2D eigenvalue weighted by atomic mass is 32.2. The second kappa shape index (κ2) is 6.58. The van der Waals surface area contributed by atoms with Crippen molar-refractivity contribution in [3.63, 3.8) is 0 Å². The summed E-state index contributed by atoms with van der Waals surface area (Å²) < 4.78 is 28.8. The van der Waals surface area contributed by atoms with Gasteiger partial charge in [-0.05, 0) is 29.8 Å². The first kappa shape index (κ1) is 17.3. The van der Waals surface area contributed by atoms with E-state index in [1.54, 1.807) is 25.4 Å². The minimum atomic E-state index is -3.32. The Morgan fingerprint density at radius 1 is 1.17 bits per heavy atom. The fourth-order valence-electron chi connectivity index (χ4n) is 2.27. The maximum absolute atomic E-state index is 11.8. The molecule has 2 rings (SSSR count). The van der Waals surface area contributed by atoms with E-state index >= 15 is 0 Å². The minimum Gasteiger partial charge on any atom is -0.497 e. The van der Waals surface area contributed by atoms with E-state index in [2.05, 4.69) is 24.1 Å². The highest BCUT2D eigenvalue weighted by Crippen LogP contribution is 2.26. The van der Waals surface area contributed by atoms with Crippen LogP contribution in [0.2, 0.25) is 0 Å². The van der Waals surface area contributed by atoms with E-state index in [9.17, 15) is 8.42 Å². The Bertz CT molecular complexity index is 769. The van der Waals surface area contributed by atoms with Gasteiger partial charge in [0.05, 0.1) is 7.11 Å². The van der Waals surface area contributed by atoms with Gasteiger partial charge in [0.15, 0.2) is 9.84 Å². The molecule has 0 aliphatic heterocycles. The van der Waals surface area contributed by atoms with Gasteiger partial charge in [-0.3, -0.25) is 0 Å². The molecule has 2 aromatic rings. The zero-order valence-electron chi connectivity index (χ0n) is 13.8. The molecular formula is C17H22N2O3S. The van der Waals surface area contributed by atoms with Gasteiger partial charge in [0.2, 0.25) is 0 Å². The van der Waals surface area contributed by atoms with E-state index in [0.717, 1.165) is 11.3 Å². The summed E-state index contributed by atoms with van der Waals surface area (Å²) in [6.45, 7) is 4.73. The van der Waals surface area contributed by atoms with Crippen LogP contribution in [0, 0.1) is 0 Å². The lowest BCUT2D eigenvalue weighted by atomic mass is 9.84. The standard InChI is InChI=1S/C17H22N2O3S/c1-17(2,13-7-9-14(22-3)10-8-13)12-19-16-15(23(4,20)21)6-5-11-18-16/h5-11H,12H2,1-4H3,(H,18,19). The zero-order chi connectivity index (χ0) is 17.1. The molecule has 0 saturated carbocycles. The fourth-order valence-corrected chi connectivity index (χ4v) is 3.07. The van der Waals surface area contributed by atoms with Crippen molar-refractivity contribution in [1.82, 2.24) is 4.98 Å². The molecule has 0 spiro atoms. The van der Waals surface area contributed by atoms with Crippen LogP contribution in [0.25, 0.3) is 0 Å². The van der Waals surface area contributed by atoms with Gasteiger partial charge in [-0.25, -0.2) is 13.4 Å². The van der Waals surface area contributed by atoms with Crippen LogP contribution >= 0.6 is 0 Å². The first-order chi connectivity index (χ1) is 10.7. The van der Waals surface area contributed by atoms with E-state index in [0.29, 0.717) is 12.4 Å². The lowest BCUT2D eigenvalue weighted by Crippen LogP contribution is -2.28. The Hall–Kier alpha value is -2.08. The van der Waals surface area contributed by atoms with Gasteiger partial charge in [0.1, 0.15) is 16.5 Å². The number of nitrogens with zero attached hydrogens (tertiary/aromatic N) is 1. The molecule has 6 heteroatoms. The molecule has 1 N–H and O–H groups in total. The number of sulfone groups is 1. The number of pyridine rings is 1. The summed E-state index contributed by atoms with van der Waals surface area (Å²) in [5.41, 5.74) is 0.932. The topological polar surface area (TPSA) is 68.3 Å². The molecule has 5 nitrogen and oxygen atoms in total. The summed E-state index contributed by atoms with van der Waals surface area (Å²) in [4.78, 5) is 4.37. The number of aromatic nitrogens is 1. The predicted molar refractivity (Wildman–Crippen MR) is 91.9 cm³/mol. The van der Waals surface area contributed by atoms with E-state index in [1.807, 2.05) is 24.3 Å². The number of methoxy groups -OCH3 is 1. The lowest BCUT2D eigenvalue weighted by Gasteiger charge is -2.26. The molecule has 0 atom stereocenters. The Kier molecular flexibility index (Phi) is 4.94. The molecule has 1 heterocycles. The van der Waals surface area contributed by atoms with Gasteiger partial charge in [-0.15, -0.1) is 0 Å². The second-order valence-electron chi connectivity index (χ2n) is 6.09. The minimum absolute atomic E-state index is 0.196. The van der Waals surface area contributed by atoms with Crippen LogP contribution < -0.4 is 10.1 Å². The highest BCUT2D eigenvalue weighted by molar-refractivity contribution is 7.90. The maximum atomic E-state index is 11.8.